The fourth-order valence-electron chi connectivity index (χ4n) is 3.81. The minimum atomic E-state index is -0.220. The molecule has 2 aromatic carbocycles. The second-order valence-corrected chi connectivity index (χ2v) is 9.70. The molecule has 0 radical (unpaired) electrons. The minimum absolute atomic E-state index is 0.0235. The summed E-state index contributed by atoms with van der Waals surface area (Å²) in [6, 6.07) is 16.6. The first-order valence-corrected chi connectivity index (χ1v) is 11.9. The minimum Gasteiger partial charge on any atom is -0.354 e. The summed E-state index contributed by atoms with van der Waals surface area (Å²) in [6.07, 6.45) is 2.09. The number of carbonyl (C=O) groups excluding carboxylic acids is 2. The second-order valence-electron chi connectivity index (χ2n) is 9.70. The molecule has 2 rings (SSSR count). The van der Waals surface area contributed by atoms with Crippen molar-refractivity contribution in [3.05, 3.63) is 70.8 Å². The molecule has 0 aromatic heterocycles. The van der Waals surface area contributed by atoms with E-state index in [1.165, 1.54) is 11.1 Å². The Morgan fingerprint density at radius 1 is 0.594 bits per heavy atom. The Labute approximate surface area is 194 Å². The molecule has 0 fully saturated rings. The van der Waals surface area contributed by atoms with Crippen molar-refractivity contribution in [1.82, 2.24) is 10.6 Å². The van der Waals surface area contributed by atoms with Crippen molar-refractivity contribution in [2.45, 2.75) is 66.2 Å². The van der Waals surface area contributed by atoms with Crippen LogP contribution in [0.2, 0.25) is 0 Å². The molecule has 4 heteroatoms. The number of nitrogens with one attached hydrogen (secondary N) is 2. The van der Waals surface area contributed by atoms with Crippen LogP contribution in [0.15, 0.2) is 48.5 Å². The van der Waals surface area contributed by atoms with E-state index in [0.717, 1.165) is 24.0 Å². The van der Waals surface area contributed by atoms with Gasteiger partial charge in [0.1, 0.15) is 0 Å². The Morgan fingerprint density at radius 2 is 0.906 bits per heavy atom. The highest BCUT2D eigenvalue weighted by molar-refractivity contribution is 5.84. The van der Waals surface area contributed by atoms with Crippen molar-refractivity contribution in [1.29, 1.82) is 0 Å². The van der Waals surface area contributed by atoms with Crippen LogP contribution in [0.1, 0.15) is 75.6 Å². The third kappa shape index (κ3) is 8.14. The summed E-state index contributed by atoms with van der Waals surface area (Å²) in [5.41, 5.74) is 4.60. The van der Waals surface area contributed by atoms with E-state index >= 15 is 0 Å². The topological polar surface area (TPSA) is 58.2 Å². The monoisotopic (exact) mass is 436 g/mol. The fourth-order valence-corrected chi connectivity index (χ4v) is 3.81. The summed E-state index contributed by atoms with van der Waals surface area (Å²) >= 11 is 0. The molecule has 0 bridgehead atoms. The van der Waals surface area contributed by atoms with Crippen LogP contribution in [0.25, 0.3) is 0 Å². The van der Waals surface area contributed by atoms with E-state index in [0.29, 0.717) is 24.9 Å². The van der Waals surface area contributed by atoms with Gasteiger partial charge in [-0.3, -0.25) is 9.59 Å². The van der Waals surface area contributed by atoms with Crippen LogP contribution in [0.5, 0.6) is 0 Å². The third-order valence-electron chi connectivity index (χ3n) is 5.76. The van der Waals surface area contributed by atoms with Crippen molar-refractivity contribution in [3.63, 3.8) is 0 Å². The van der Waals surface area contributed by atoms with Crippen molar-refractivity contribution in [2.75, 3.05) is 13.1 Å². The molecular formula is C28H40N2O2. The molecule has 0 heterocycles. The predicted octanol–water partition coefficient (Wildman–Crippen LogP) is 5.22. The number of amides is 2. The molecule has 0 aliphatic rings. The van der Waals surface area contributed by atoms with Crippen LogP contribution < -0.4 is 10.6 Å². The highest BCUT2D eigenvalue weighted by Gasteiger charge is 2.17. The Morgan fingerprint density at radius 3 is 1.19 bits per heavy atom. The molecule has 0 saturated heterocycles. The average molecular weight is 437 g/mol. The van der Waals surface area contributed by atoms with Gasteiger partial charge in [-0.05, 0) is 60.8 Å². The highest BCUT2D eigenvalue weighted by atomic mass is 16.2. The van der Waals surface area contributed by atoms with Crippen molar-refractivity contribution < 1.29 is 9.59 Å². The standard InChI is InChI=1S/C28H40N2O2/c1-19(2)17-23-7-11-25(12-8-23)21(5)27(31)29-15-16-30-28(32)22(6)26-13-9-24(10-14-26)18-20(3)4/h7-14,19-22H,15-18H2,1-6H3,(H,29,31)(H,30,32)/t21-,22+. The van der Waals surface area contributed by atoms with E-state index in [9.17, 15) is 9.59 Å². The smallest absolute Gasteiger partial charge is 0.227 e. The van der Waals surface area contributed by atoms with Crippen molar-refractivity contribution in [2.24, 2.45) is 11.8 Å². The molecule has 2 N–H and O–H groups in total. The molecule has 2 amide bonds. The summed E-state index contributed by atoms with van der Waals surface area (Å²) in [6.45, 7) is 13.5. The molecule has 2 aromatic rings. The Kier molecular flexibility index (Phi) is 9.96. The van der Waals surface area contributed by atoms with Gasteiger partial charge in [0.25, 0.3) is 0 Å². The van der Waals surface area contributed by atoms with Gasteiger partial charge in [0.2, 0.25) is 11.8 Å². The van der Waals surface area contributed by atoms with Gasteiger partial charge < -0.3 is 10.6 Å². The van der Waals surface area contributed by atoms with Gasteiger partial charge in [0.15, 0.2) is 0 Å². The van der Waals surface area contributed by atoms with E-state index < -0.39 is 0 Å². The quantitative estimate of drug-likeness (QED) is 0.474. The van der Waals surface area contributed by atoms with Gasteiger partial charge in [-0.15, -0.1) is 0 Å². The van der Waals surface area contributed by atoms with Gasteiger partial charge in [-0.1, -0.05) is 76.2 Å². The Balaban J connectivity index is 1.75. The van der Waals surface area contributed by atoms with Crippen LogP contribution in [0.4, 0.5) is 0 Å². The first-order valence-electron chi connectivity index (χ1n) is 11.9. The largest absolute Gasteiger partial charge is 0.354 e. The van der Waals surface area contributed by atoms with Gasteiger partial charge in [0, 0.05) is 13.1 Å². The molecule has 0 spiro atoms. The van der Waals surface area contributed by atoms with E-state index in [2.05, 4.69) is 62.6 Å². The Bertz CT molecular complexity index is 781. The maximum absolute atomic E-state index is 12.5. The lowest BCUT2D eigenvalue weighted by atomic mass is 9.96. The van der Waals surface area contributed by atoms with Crippen LogP contribution >= 0.6 is 0 Å². The van der Waals surface area contributed by atoms with Crippen molar-refractivity contribution in [3.8, 4) is 0 Å². The average Bonchev–Trinajstić information content (AvgIpc) is 2.75. The summed E-state index contributed by atoms with van der Waals surface area (Å²) in [5, 5.41) is 5.87. The summed E-state index contributed by atoms with van der Waals surface area (Å²) < 4.78 is 0. The molecule has 0 aliphatic heterocycles. The first kappa shape index (κ1) is 25.6. The van der Waals surface area contributed by atoms with Crippen LogP contribution in [0.3, 0.4) is 0 Å². The molecule has 32 heavy (non-hydrogen) atoms. The maximum Gasteiger partial charge on any atom is 0.227 e. The number of benzene rings is 2. The van der Waals surface area contributed by atoms with Crippen LogP contribution in [0, 0.1) is 11.8 Å². The fraction of sp³-hybridized carbons (Fsp3) is 0.500. The predicted molar refractivity (Wildman–Crippen MR) is 133 cm³/mol. The van der Waals surface area contributed by atoms with Gasteiger partial charge in [-0.25, -0.2) is 0 Å². The number of hydrogen-bond donors (Lipinski definition) is 2. The van der Waals surface area contributed by atoms with Crippen LogP contribution in [-0.2, 0) is 22.4 Å². The zero-order chi connectivity index (χ0) is 23.7. The van der Waals surface area contributed by atoms with Gasteiger partial charge >= 0.3 is 0 Å². The molecular weight excluding hydrogens is 396 g/mol. The zero-order valence-electron chi connectivity index (χ0n) is 20.6. The molecule has 174 valence electrons. The number of rotatable bonds is 11. The van der Waals surface area contributed by atoms with E-state index in [4.69, 9.17) is 0 Å². The van der Waals surface area contributed by atoms with Gasteiger partial charge in [0.05, 0.1) is 11.8 Å². The molecule has 0 saturated carbocycles. The molecule has 0 unspecified atom stereocenters. The summed E-state index contributed by atoms with van der Waals surface area (Å²) in [7, 11) is 0. The van der Waals surface area contributed by atoms with Gasteiger partial charge in [-0.2, -0.15) is 0 Å². The lowest BCUT2D eigenvalue weighted by Gasteiger charge is -2.16. The van der Waals surface area contributed by atoms with E-state index in [1.807, 2.05) is 38.1 Å². The van der Waals surface area contributed by atoms with E-state index in [1.54, 1.807) is 0 Å². The number of hydrogen-bond acceptors (Lipinski definition) is 2. The molecule has 0 aliphatic carbocycles. The zero-order valence-corrected chi connectivity index (χ0v) is 20.6. The van der Waals surface area contributed by atoms with Crippen molar-refractivity contribution >= 4 is 11.8 Å². The highest BCUT2D eigenvalue weighted by Crippen LogP contribution is 2.19. The first-order chi connectivity index (χ1) is 15.2. The second kappa shape index (κ2) is 12.4. The summed E-state index contributed by atoms with van der Waals surface area (Å²) in [5.74, 6) is 0.742. The lowest BCUT2D eigenvalue weighted by molar-refractivity contribution is -0.124. The summed E-state index contributed by atoms with van der Waals surface area (Å²) in [4.78, 5) is 25.0. The molecule has 2 atom stereocenters. The molecule has 4 nitrogen and oxygen atoms in total. The lowest BCUT2D eigenvalue weighted by Crippen LogP contribution is -2.37. The van der Waals surface area contributed by atoms with Crippen LogP contribution in [-0.4, -0.2) is 24.9 Å². The van der Waals surface area contributed by atoms with E-state index in [-0.39, 0.29) is 23.7 Å². The maximum atomic E-state index is 12.5. The Hall–Kier alpha value is -2.62. The number of carbonyl (C=O) groups is 2. The third-order valence-corrected chi connectivity index (χ3v) is 5.76. The normalized spacial score (nSPS) is 13.1. The SMILES string of the molecule is CC(C)Cc1ccc([C@H](C)C(=O)NCCNC(=O)[C@H](C)c2ccc(CC(C)C)cc2)cc1.